The Morgan fingerprint density at radius 2 is 2.13 bits per heavy atom. The number of aryl methyl sites for hydroxylation is 1. The first kappa shape index (κ1) is 10.7. The third-order valence-corrected chi connectivity index (χ3v) is 3.60. The van der Waals surface area contributed by atoms with Gasteiger partial charge in [-0.15, -0.1) is 0 Å². The lowest BCUT2D eigenvalue weighted by Gasteiger charge is -2.29. The Balaban J connectivity index is 2.47. The molecule has 2 heteroatoms. The van der Waals surface area contributed by atoms with E-state index in [4.69, 9.17) is 4.74 Å². The van der Waals surface area contributed by atoms with Crippen LogP contribution in [0.1, 0.15) is 23.1 Å². The van der Waals surface area contributed by atoms with Gasteiger partial charge in [0.2, 0.25) is 0 Å². The van der Waals surface area contributed by atoms with Crippen molar-refractivity contribution >= 4 is 0 Å². The second-order valence-electron chi connectivity index (χ2n) is 4.37. The zero-order valence-corrected chi connectivity index (χ0v) is 9.76. The van der Waals surface area contributed by atoms with Gasteiger partial charge in [-0.3, -0.25) is 0 Å². The summed E-state index contributed by atoms with van der Waals surface area (Å²) in [5, 5.41) is 3.38. The fourth-order valence-electron chi connectivity index (χ4n) is 2.43. The Morgan fingerprint density at radius 3 is 2.73 bits per heavy atom. The predicted octanol–water partition coefficient (Wildman–Crippen LogP) is 2.14. The van der Waals surface area contributed by atoms with E-state index in [1.54, 1.807) is 0 Å². The van der Waals surface area contributed by atoms with Crippen molar-refractivity contribution in [1.82, 2.24) is 5.32 Å². The molecule has 1 aliphatic rings. The van der Waals surface area contributed by atoms with E-state index in [-0.39, 0.29) is 5.60 Å². The number of benzene rings is 1. The van der Waals surface area contributed by atoms with Crippen molar-refractivity contribution < 1.29 is 4.74 Å². The molecule has 1 N–H and O–H groups in total. The molecule has 1 fully saturated rings. The van der Waals surface area contributed by atoms with Crippen LogP contribution in [0, 0.1) is 13.8 Å². The summed E-state index contributed by atoms with van der Waals surface area (Å²) in [4.78, 5) is 0. The third kappa shape index (κ3) is 1.68. The van der Waals surface area contributed by atoms with Crippen molar-refractivity contribution in [3.63, 3.8) is 0 Å². The van der Waals surface area contributed by atoms with Crippen molar-refractivity contribution in [2.75, 3.05) is 20.2 Å². The molecule has 0 spiro atoms. The Bertz CT molecular complexity index is 354. The molecule has 1 aromatic carbocycles. The van der Waals surface area contributed by atoms with Gasteiger partial charge in [-0.2, -0.15) is 0 Å². The quantitative estimate of drug-likeness (QED) is 0.798. The van der Waals surface area contributed by atoms with Crippen LogP contribution in [0.4, 0.5) is 0 Å². The Labute approximate surface area is 91.6 Å². The average Bonchev–Trinajstić information content (AvgIpc) is 2.72. The normalized spacial score (nSPS) is 25.8. The topological polar surface area (TPSA) is 21.3 Å². The highest BCUT2D eigenvalue weighted by molar-refractivity contribution is 5.38. The molecule has 2 rings (SSSR count). The summed E-state index contributed by atoms with van der Waals surface area (Å²) in [5.41, 5.74) is 3.95. The predicted molar refractivity (Wildman–Crippen MR) is 62.1 cm³/mol. The second kappa shape index (κ2) is 3.95. The van der Waals surface area contributed by atoms with E-state index >= 15 is 0 Å². The molecule has 82 valence electrons. The lowest BCUT2D eigenvalue weighted by atomic mass is 9.87. The van der Waals surface area contributed by atoms with Crippen LogP contribution in [0.25, 0.3) is 0 Å². The van der Waals surface area contributed by atoms with E-state index in [0.29, 0.717) is 0 Å². The number of hydrogen-bond acceptors (Lipinski definition) is 2. The zero-order valence-electron chi connectivity index (χ0n) is 9.76. The van der Waals surface area contributed by atoms with E-state index in [1.165, 1.54) is 16.7 Å². The van der Waals surface area contributed by atoms with Crippen molar-refractivity contribution in [2.45, 2.75) is 25.9 Å². The fraction of sp³-hybridized carbons (Fsp3) is 0.538. The van der Waals surface area contributed by atoms with Gasteiger partial charge in [0.05, 0.1) is 0 Å². The molecule has 2 nitrogen and oxygen atoms in total. The number of ether oxygens (including phenoxy) is 1. The maximum absolute atomic E-state index is 5.76. The van der Waals surface area contributed by atoms with Crippen molar-refractivity contribution in [2.24, 2.45) is 0 Å². The van der Waals surface area contributed by atoms with Gasteiger partial charge in [0.25, 0.3) is 0 Å². The van der Waals surface area contributed by atoms with Gasteiger partial charge in [0, 0.05) is 13.7 Å². The molecule has 1 heterocycles. The smallest absolute Gasteiger partial charge is 0.107 e. The lowest BCUT2D eigenvalue weighted by molar-refractivity contribution is 0.00269. The fourth-order valence-corrected chi connectivity index (χ4v) is 2.43. The minimum absolute atomic E-state index is 0.101. The molecular weight excluding hydrogens is 186 g/mol. The number of methoxy groups -OCH3 is 1. The molecule has 15 heavy (non-hydrogen) atoms. The van der Waals surface area contributed by atoms with E-state index in [1.807, 2.05) is 7.11 Å². The SMILES string of the molecule is COC1(c2cccc(C)c2C)CCNC1. The monoisotopic (exact) mass is 205 g/mol. The van der Waals surface area contributed by atoms with Crippen LogP contribution in [-0.4, -0.2) is 20.2 Å². The number of hydrogen-bond donors (Lipinski definition) is 1. The summed E-state index contributed by atoms with van der Waals surface area (Å²) >= 11 is 0. The van der Waals surface area contributed by atoms with Crippen LogP contribution in [0.2, 0.25) is 0 Å². The molecule has 1 saturated heterocycles. The Hall–Kier alpha value is -0.860. The molecular formula is C13H19NO. The second-order valence-corrected chi connectivity index (χ2v) is 4.37. The maximum Gasteiger partial charge on any atom is 0.107 e. The molecule has 0 amide bonds. The highest BCUT2D eigenvalue weighted by Crippen LogP contribution is 2.34. The van der Waals surface area contributed by atoms with Gasteiger partial charge in [0.1, 0.15) is 5.60 Å². The van der Waals surface area contributed by atoms with Crippen LogP contribution in [0.15, 0.2) is 18.2 Å². The van der Waals surface area contributed by atoms with Crippen LogP contribution >= 0.6 is 0 Å². The van der Waals surface area contributed by atoms with Gasteiger partial charge >= 0.3 is 0 Å². The molecule has 0 aromatic heterocycles. The summed E-state index contributed by atoms with van der Waals surface area (Å²) in [6, 6.07) is 6.47. The van der Waals surface area contributed by atoms with E-state index in [2.05, 4.69) is 37.4 Å². The van der Waals surface area contributed by atoms with Crippen LogP contribution in [0.5, 0.6) is 0 Å². The molecule has 0 radical (unpaired) electrons. The number of rotatable bonds is 2. The van der Waals surface area contributed by atoms with Crippen LogP contribution < -0.4 is 5.32 Å². The molecule has 1 unspecified atom stereocenters. The van der Waals surface area contributed by atoms with Gasteiger partial charge in [0.15, 0.2) is 0 Å². The van der Waals surface area contributed by atoms with Crippen molar-refractivity contribution in [1.29, 1.82) is 0 Å². The summed E-state index contributed by atoms with van der Waals surface area (Å²) in [5.74, 6) is 0. The maximum atomic E-state index is 5.76. The lowest BCUT2D eigenvalue weighted by Crippen LogP contribution is -2.32. The summed E-state index contributed by atoms with van der Waals surface area (Å²) in [6.45, 7) is 6.31. The number of nitrogens with one attached hydrogen (secondary N) is 1. The van der Waals surface area contributed by atoms with E-state index < -0.39 is 0 Å². The first-order valence-corrected chi connectivity index (χ1v) is 5.52. The molecule has 1 atom stereocenters. The van der Waals surface area contributed by atoms with Gasteiger partial charge in [-0.25, -0.2) is 0 Å². The summed E-state index contributed by atoms with van der Waals surface area (Å²) in [6.07, 6.45) is 1.06. The van der Waals surface area contributed by atoms with Crippen molar-refractivity contribution in [3.05, 3.63) is 34.9 Å². The van der Waals surface area contributed by atoms with Crippen LogP contribution in [-0.2, 0) is 10.3 Å². The summed E-state index contributed by atoms with van der Waals surface area (Å²) < 4.78 is 5.76. The molecule has 0 saturated carbocycles. The highest BCUT2D eigenvalue weighted by Gasteiger charge is 2.36. The Morgan fingerprint density at radius 1 is 1.33 bits per heavy atom. The molecule has 0 bridgehead atoms. The molecule has 1 aromatic rings. The van der Waals surface area contributed by atoms with Crippen LogP contribution in [0.3, 0.4) is 0 Å². The minimum Gasteiger partial charge on any atom is -0.372 e. The molecule has 0 aliphatic carbocycles. The van der Waals surface area contributed by atoms with Gasteiger partial charge < -0.3 is 10.1 Å². The minimum atomic E-state index is -0.101. The highest BCUT2D eigenvalue weighted by atomic mass is 16.5. The molecule has 1 aliphatic heterocycles. The van der Waals surface area contributed by atoms with Gasteiger partial charge in [-0.1, -0.05) is 18.2 Å². The first-order chi connectivity index (χ1) is 7.19. The zero-order chi connectivity index (χ0) is 10.9. The van der Waals surface area contributed by atoms with Crippen molar-refractivity contribution in [3.8, 4) is 0 Å². The van der Waals surface area contributed by atoms with Gasteiger partial charge in [-0.05, 0) is 43.5 Å². The average molecular weight is 205 g/mol. The summed E-state index contributed by atoms with van der Waals surface area (Å²) in [7, 11) is 1.81. The standard InChI is InChI=1S/C13H19NO/c1-10-5-4-6-12(11(10)2)13(15-3)7-8-14-9-13/h4-6,14H,7-9H2,1-3H3. The largest absolute Gasteiger partial charge is 0.372 e. The van der Waals surface area contributed by atoms with E-state index in [0.717, 1.165) is 19.5 Å². The third-order valence-electron chi connectivity index (χ3n) is 3.60. The first-order valence-electron chi connectivity index (χ1n) is 5.52. The Kier molecular flexibility index (Phi) is 2.81. The van der Waals surface area contributed by atoms with E-state index in [9.17, 15) is 0 Å².